The summed E-state index contributed by atoms with van der Waals surface area (Å²) in [6.45, 7) is 4.55. The third-order valence-electron chi connectivity index (χ3n) is 2.65. The van der Waals surface area contributed by atoms with E-state index in [9.17, 15) is 9.59 Å². The minimum atomic E-state index is -0.873. The van der Waals surface area contributed by atoms with Crippen LogP contribution in [0.25, 0.3) is 0 Å². The van der Waals surface area contributed by atoms with Crippen LogP contribution in [0.15, 0.2) is 17.5 Å². The van der Waals surface area contributed by atoms with Crippen LogP contribution in [-0.2, 0) is 15.0 Å². The average Bonchev–Trinajstić information content (AvgIpc) is 2.78. The largest absolute Gasteiger partial charge is 0.370 e. The molecule has 1 rings (SSSR count). The van der Waals surface area contributed by atoms with Crippen molar-refractivity contribution in [2.45, 2.75) is 31.7 Å². The van der Waals surface area contributed by atoms with Crippen LogP contribution in [0, 0.1) is 0 Å². The van der Waals surface area contributed by atoms with E-state index in [-0.39, 0.29) is 30.2 Å². The predicted octanol–water partition coefficient (Wildman–Crippen LogP) is 0.766. The summed E-state index contributed by atoms with van der Waals surface area (Å²) < 4.78 is 0. The first-order valence-electron chi connectivity index (χ1n) is 5.68. The summed E-state index contributed by atoms with van der Waals surface area (Å²) in [6.07, 6.45) is -0.134. The summed E-state index contributed by atoms with van der Waals surface area (Å²) in [6, 6.07) is 3.13. The van der Waals surface area contributed by atoms with Crippen LogP contribution >= 0.6 is 23.7 Å². The van der Waals surface area contributed by atoms with Crippen LogP contribution in [0.3, 0.4) is 0 Å². The first-order valence-corrected chi connectivity index (χ1v) is 6.56. The number of halogens is 1. The molecule has 1 unspecified atom stereocenters. The van der Waals surface area contributed by atoms with Crippen molar-refractivity contribution >= 4 is 35.6 Å². The Kier molecular flexibility index (Phi) is 7.04. The van der Waals surface area contributed by atoms with Crippen molar-refractivity contribution in [3.05, 3.63) is 22.4 Å². The molecule has 0 aromatic carbocycles. The quantitative estimate of drug-likeness (QED) is 0.724. The van der Waals surface area contributed by atoms with Crippen LogP contribution in [0.2, 0.25) is 0 Å². The lowest BCUT2D eigenvalue weighted by Gasteiger charge is -2.24. The second-order valence-electron chi connectivity index (χ2n) is 4.86. The summed E-state index contributed by atoms with van der Waals surface area (Å²) >= 11 is 1.64. The van der Waals surface area contributed by atoms with E-state index < -0.39 is 11.9 Å². The number of nitrogens with two attached hydrogens (primary N) is 2. The van der Waals surface area contributed by atoms with Gasteiger partial charge in [0, 0.05) is 16.8 Å². The molecular weight excluding hydrogens is 286 g/mol. The molecule has 1 atom stereocenters. The van der Waals surface area contributed by atoms with Crippen molar-refractivity contribution in [3.63, 3.8) is 0 Å². The van der Waals surface area contributed by atoms with Gasteiger partial charge in [-0.2, -0.15) is 0 Å². The molecule has 0 aliphatic heterocycles. The molecule has 1 aromatic heterocycles. The lowest BCUT2D eigenvalue weighted by molar-refractivity contribution is -0.126. The molecule has 0 aliphatic carbocycles. The summed E-state index contributed by atoms with van der Waals surface area (Å²) in [5, 5.41) is 4.75. The van der Waals surface area contributed by atoms with Crippen LogP contribution in [0.5, 0.6) is 0 Å². The molecule has 5 nitrogen and oxygen atoms in total. The number of primary amides is 1. The molecule has 0 radical (unpaired) electrons. The van der Waals surface area contributed by atoms with Gasteiger partial charge in [0.1, 0.15) is 0 Å². The maximum Gasteiger partial charge on any atom is 0.237 e. The molecule has 1 aromatic rings. The topological polar surface area (TPSA) is 98.2 Å². The van der Waals surface area contributed by atoms with Crippen LogP contribution in [0.1, 0.15) is 25.1 Å². The maximum atomic E-state index is 11.7. The number of carbonyl (C=O) groups is 2. The summed E-state index contributed by atoms with van der Waals surface area (Å²) in [7, 11) is 0. The Morgan fingerprint density at radius 1 is 1.47 bits per heavy atom. The number of hydrogen-bond donors (Lipinski definition) is 3. The molecule has 2 amide bonds. The monoisotopic (exact) mass is 305 g/mol. The zero-order valence-corrected chi connectivity index (χ0v) is 12.6. The van der Waals surface area contributed by atoms with Crippen molar-refractivity contribution in [3.8, 4) is 0 Å². The Balaban J connectivity index is 0.00000324. The molecule has 0 saturated heterocycles. The van der Waals surface area contributed by atoms with Crippen molar-refractivity contribution in [2.24, 2.45) is 11.5 Å². The molecular formula is C12H20ClN3O2S. The fourth-order valence-corrected chi connectivity index (χ4v) is 2.35. The van der Waals surface area contributed by atoms with E-state index in [1.165, 1.54) is 4.88 Å². The fourth-order valence-electron chi connectivity index (χ4n) is 1.50. The van der Waals surface area contributed by atoms with Crippen molar-refractivity contribution < 1.29 is 9.59 Å². The predicted molar refractivity (Wildman–Crippen MR) is 79.4 cm³/mol. The lowest BCUT2D eigenvalue weighted by Crippen LogP contribution is -2.46. The second kappa shape index (κ2) is 7.47. The fraction of sp³-hybridized carbons (Fsp3) is 0.500. The van der Waals surface area contributed by atoms with Crippen LogP contribution in [0.4, 0.5) is 0 Å². The van der Waals surface area contributed by atoms with Gasteiger partial charge < -0.3 is 16.8 Å². The molecule has 1 heterocycles. The van der Waals surface area contributed by atoms with E-state index in [2.05, 4.69) is 5.32 Å². The number of amides is 2. The molecule has 0 aliphatic rings. The van der Waals surface area contributed by atoms with Gasteiger partial charge in [-0.25, -0.2) is 0 Å². The minimum absolute atomic E-state index is 0. The van der Waals surface area contributed by atoms with Gasteiger partial charge in [0.2, 0.25) is 11.8 Å². The van der Waals surface area contributed by atoms with E-state index in [1.807, 2.05) is 31.4 Å². The summed E-state index contributed by atoms with van der Waals surface area (Å²) in [4.78, 5) is 23.5. The van der Waals surface area contributed by atoms with Gasteiger partial charge in [-0.15, -0.1) is 23.7 Å². The third-order valence-corrected chi connectivity index (χ3v) is 3.89. The highest BCUT2D eigenvalue weighted by molar-refractivity contribution is 7.10. The van der Waals surface area contributed by atoms with E-state index in [1.54, 1.807) is 11.3 Å². The van der Waals surface area contributed by atoms with E-state index in [4.69, 9.17) is 11.5 Å². The molecule has 7 heteroatoms. The Morgan fingerprint density at radius 2 is 2.11 bits per heavy atom. The van der Waals surface area contributed by atoms with Gasteiger partial charge in [-0.1, -0.05) is 19.9 Å². The standard InChI is InChI=1S/C12H19N3O2S.ClH/c1-12(2,9-4-3-5-18-9)7-15-11(17)8(13)6-10(14)16;/h3-5,8H,6-7,13H2,1-2H3,(H2,14,16)(H,15,17);1H. The molecule has 108 valence electrons. The average molecular weight is 306 g/mol. The van der Waals surface area contributed by atoms with E-state index >= 15 is 0 Å². The summed E-state index contributed by atoms with van der Waals surface area (Å²) in [5.41, 5.74) is 10.4. The Hall–Kier alpha value is -1.11. The van der Waals surface area contributed by atoms with Gasteiger partial charge in [0.15, 0.2) is 0 Å². The Morgan fingerprint density at radius 3 is 2.58 bits per heavy atom. The number of thiophene rings is 1. The highest BCUT2D eigenvalue weighted by atomic mass is 35.5. The molecule has 19 heavy (non-hydrogen) atoms. The van der Waals surface area contributed by atoms with Crippen molar-refractivity contribution in [1.82, 2.24) is 5.32 Å². The molecule has 0 saturated carbocycles. The van der Waals surface area contributed by atoms with Gasteiger partial charge in [0.05, 0.1) is 12.5 Å². The number of nitrogens with one attached hydrogen (secondary N) is 1. The van der Waals surface area contributed by atoms with Crippen LogP contribution in [-0.4, -0.2) is 24.4 Å². The SMILES string of the molecule is CC(C)(CNC(=O)C(N)CC(N)=O)c1cccs1.Cl. The normalized spacial score (nSPS) is 12.4. The highest BCUT2D eigenvalue weighted by Gasteiger charge is 2.24. The van der Waals surface area contributed by atoms with Crippen molar-refractivity contribution in [2.75, 3.05) is 6.54 Å². The Bertz CT molecular complexity index is 421. The number of carbonyl (C=O) groups excluding carboxylic acids is 2. The highest BCUT2D eigenvalue weighted by Crippen LogP contribution is 2.26. The molecule has 0 spiro atoms. The van der Waals surface area contributed by atoms with E-state index in [0.717, 1.165) is 0 Å². The zero-order valence-electron chi connectivity index (χ0n) is 11.0. The molecule has 0 fully saturated rings. The maximum absolute atomic E-state index is 11.7. The Labute approximate surface area is 123 Å². The lowest BCUT2D eigenvalue weighted by atomic mass is 9.91. The smallest absolute Gasteiger partial charge is 0.237 e. The molecule has 0 bridgehead atoms. The number of hydrogen-bond acceptors (Lipinski definition) is 4. The first-order chi connectivity index (χ1) is 8.33. The van der Waals surface area contributed by atoms with Gasteiger partial charge in [0.25, 0.3) is 0 Å². The minimum Gasteiger partial charge on any atom is -0.370 e. The van der Waals surface area contributed by atoms with Crippen LogP contribution < -0.4 is 16.8 Å². The summed E-state index contributed by atoms with van der Waals surface area (Å²) in [5.74, 6) is -0.923. The van der Waals surface area contributed by atoms with Gasteiger partial charge in [-0.05, 0) is 11.4 Å². The number of rotatable bonds is 6. The van der Waals surface area contributed by atoms with Gasteiger partial charge in [-0.3, -0.25) is 9.59 Å². The third kappa shape index (κ3) is 5.59. The molecule has 5 N–H and O–H groups in total. The van der Waals surface area contributed by atoms with Gasteiger partial charge >= 0.3 is 0 Å². The first kappa shape index (κ1) is 17.9. The zero-order chi connectivity index (χ0) is 13.8. The van der Waals surface area contributed by atoms with Crippen molar-refractivity contribution in [1.29, 1.82) is 0 Å². The second-order valence-corrected chi connectivity index (χ2v) is 5.80. The van der Waals surface area contributed by atoms with E-state index in [0.29, 0.717) is 6.54 Å².